The second-order valence-electron chi connectivity index (χ2n) is 6.37. The minimum absolute atomic E-state index is 0.191. The predicted octanol–water partition coefficient (Wildman–Crippen LogP) is 3.26. The fourth-order valence-electron chi connectivity index (χ4n) is 2.70. The van der Waals surface area contributed by atoms with E-state index in [0.29, 0.717) is 24.1 Å². The van der Waals surface area contributed by atoms with Gasteiger partial charge in [-0.3, -0.25) is 0 Å². The Labute approximate surface area is 169 Å². The third kappa shape index (κ3) is 4.79. The van der Waals surface area contributed by atoms with Crippen LogP contribution in [0.4, 0.5) is 17.6 Å². The minimum atomic E-state index is 0.191. The number of imidazole rings is 1. The second kappa shape index (κ2) is 9.03. The molecule has 0 aliphatic heterocycles. The Morgan fingerprint density at radius 2 is 1.89 bits per heavy atom. The third-order valence-electron chi connectivity index (χ3n) is 4.36. The molecule has 148 valence electrons. The lowest BCUT2D eigenvalue weighted by molar-refractivity contribution is 0.184. The SMILES string of the molecule is COCCn1c(SCc2nc(N)nc(Nc3ccccc3C)n2)nc(C)c1C. The molecule has 0 bridgehead atoms. The van der Waals surface area contributed by atoms with Crippen molar-refractivity contribution in [3.63, 3.8) is 0 Å². The van der Waals surface area contributed by atoms with Gasteiger partial charge in [0.2, 0.25) is 11.9 Å². The van der Waals surface area contributed by atoms with Crippen molar-refractivity contribution >= 4 is 29.3 Å². The van der Waals surface area contributed by atoms with Crippen molar-refractivity contribution in [3.8, 4) is 0 Å². The van der Waals surface area contributed by atoms with Gasteiger partial charge < -0.3 is 20.4 Å². The lowest BCUT2D eigenvalue weighted by Gasteiger charge is -2.10. The smallest absolute Gasteiger partial charge is 0.232 e. The fourth-order valence-corrected chi connectivity index (χ4v) is 3.67. The highest BCUT2D eigenvalue weighted by atomic mass is 32.2. The van der Waals surface area contributed by atoms with Crippen LogP contribution in [0.25, 0.3) is 0 Å². The highest BCUT2D eigenvalue weighted by Gasteiger charge is 2.13. The van der Waals surface area contributed by atoms with Gasteiger partial charge in [0.25, 0.3) is 0 Å². The molecule has 0 unspecified atom stereocenters. The molecule has 0 atom stereocenters. The van der Waals surface area contributed by atoms with Gasteiger partial charge in [-0.05, 0) is 32.4 Å². The Balaban J connectivity index is 1.76. The first kappa shape index (κ1) is 20.1. The van der Waals surface area contributed by atoms with Crippen molar-refractivity contribution in [3.05, 3.63) is 47.0 Å². The lowest BCUT2D eigenvalue weighted by Crippen LogP contribution is -2.09. The number of aryl methyl sites for hydroxylation is 2. The summed E-state index contributed by atoms with van der Waals surface area (Å²) in [5.74, 6) is 1.77. The summed E-state index contributed by atoms with van der Waals surface area (Å²) >= 11 is 1.57. The zero-order valence-corrected chi connectivity index (χ0v) is 17.4. The molecule has 28 heavy (non-hydrogen) atoms. The molecule has 0 fully saturated rings. The number of nitrogens with two attached hydrogens (primary N) is 1. The average molecular weight is 400 g/mol. The van der Waals surface area contributed by atoms with E-state index in [-0.39, 0.29) is 5.95 Å². The van der Waals surface area contributed by atoms with E-state index < -0.39 is 0 Å². The number of methoxy groups -OCH3 is 1. The van der Waals surface area contributed by atoms with Gasteiger partial charge in [0.1, 0.15) is 5.82 Å². The number of para-hydroxylation sites is 1. The highest BCUT2D eigenvalue weighted by Crippen LogP contribution is 2.25. The first-order chi connectivity index (χ1) is 13.5. The van der Waals surface area contributed by atoms with Gasteiger partial charge in [-0.25, -0.2) is 4.98 Å². The van der Waals surface area contributed by atoms with Crippen molar-refractivity contribution in [2.45, 2.75) is 38.2 Å². The van der Waals surface area contributed by atoms with Gasteiger partial charge in [-0.15, -0.1) is 0 Å². The quantitative estimate of drug-likeness (QED) is 0.556. The molecule has 8 nitrogen and oxygen atoms in total. The van der Waals surface area contributed by atoms with Crippen molar-refractivity contribution in [2.75, 3.05) is 24.8 Å². The number of benzene rings is 1. The first-order valence-corrected chi connectivity index (χ1v) is 9.95. The van der Waals surface area contributed by atoms with Crippen LogP contribution in [0.5, 0.6) is 0 Å². The maximum absolute atomic E-state index is 5.90. The van der Waals surface area contributed by atoms with E-state index in [0.717, 1.165) is 34.3 Å². The van der Waals surface area contributed by atoms with Crippen LogP contribution in [0.1, 0.15) is 22.8 Å². The summed E-state index contributed by atoms with van der Waals surface area (Å²) in [6.07, 6.45) is 0. The molecule has 0 saturated heterocycles. The number of nitrogens with one attached hydrogen (secondary N) is 1. The minimum Gasteiger partial charge on any atom is -0.383 e. The molecule has 0 aliphatic carbocycles. The highest BCUT2D eigenvalue weighted by molar-refractivity contribution is 7.98. The van der Waals surface area contributed by atoms with Crippen molar-refractivity contribution < 1.29 is 4.74 Å². The Morgan fingerprint density at radius 3 is 2.64 bits per heavy atom. The molecule has 9 heteroatoms. The van der Waals surface area contributed by atoms with E-state index in [4.69, 9.17) is 10.5 Å². The van der Waals surface area contributed by atoms with E-state index >= 15 is 0 Å². The Morgan fingerprint density at radius 1 is 1.11 bits per heavy atom. The number of ether oxygens (including phenoxy) is 1. The number of nitrogens with zero attached hydrogens (tertiary/aromatic N) is 5. The van der Waals surface area contributed by atoms with Gasteiger partial charge >= 0.3 is 0 Å². The number of aromatic nitrogens is 5. The second-order valence-corrected chi connectivity index (χ2v) is 7.31. The zero-order chi connectivity index (χ0) is 20.1. The number of thioether (sulfide) groups is 1. The molecule has 0 radical (unpaired) electrons. The standard InChI is InChI=1S/C19H25N7OS/c1-12-7-5-6-8-15(12)22-18-24-16(23-17(20)25-18)11-28-19-21-13(2)14(3)26(19)9-10-27-4/h5-8H,9-11H2,1-4H3,(H3,20,22,23,24,25). The average Bonchev–Trinajstić information content (AvgIpc) is 2.93. The normalized spacial score (nSPS) is 11.0. The summed E-state index contributed by atoms with van der Waals surface area (Å²) < 4.78 is 7.36. The van der Waals surface area contributed by atoms with Crippen LogP contribution in [-0.2, 0) is 17.0 Å². The molecule has 0 saturated carbocycles. The number of hydrogen-bond acceptors (Lipinski definition) is 8. The molecule has 1 aromatic carbocycles. The van der Waals surface area contributed by atoms with E-state index in [9.17, 15) is 0 Å². The Hall–Kier alpha value is -2.65. The molecule has 2 heterocycles. The van der Waals surface area contributed by atoms with Crippen molar-refractivity contribution in [1.82, 2.24) is 24.5 Å². The summed E-state index contributed by atoms with van der Waals surface area (Å²) in [7, 11) is 1.70. The van der Waals surface area contributed by atoms with Gasteiger partial charge in [-0.1, -0.05) is 30.0 Å². The van der Waals surface area contributed by atoms with Crippen LogP contribution in [0, 0.1) is 20.8 Å². The number of rotatable bonds is 8. The van der Waals surface area contributed by atoms with Crippen LogP contribution in [0.2, 0.25) is 0 Å². The van der Waals surface area contributed by atoms with Crippen LogP contribution < -0.4 is 11.1 Å². The summed E-state index contributed by atoms with van der Waals surface area (Å²) in [6.45, 7) is 7.48. The van der Waals surface area contributed by atoms with E-state index in [1.165, 1.54) is 0 Å². The molecule has 3 N–H and O–H groups in total. The fraction of sp³-hybridized carbons (Fsp3) is 0.368. The molecular formula is C19H25N7OS. The predicted molar refractivity (Wildman–Crippen MR) is 112 cm³/mol. The lowest BCUT2D eigenvalue weighted by atomic mass is 10.2. The summed E-state index contributed by atoms with van der Waals surface area (Å²) in [4.78, 5) is 17.6. The van der Waals surface area contributed by atoms with Crippen LogP contribution in [0.3, 0.4) is 0 Å². The maximum atomic E-state index is 5.90. The van der Waals surface area contributed by atoms with Crippen molar-refractivity contribution in [1.29, 1.82) is 0 Å². The van der Waals surface area contributed by atoms with Crippen LogP contribution in [-0.4, -0.2) is 38.2 Å². The number of hydrogen-bond donors (Lipinski definition) is 2. The molecular weight excluding hydrogens is 374 g/mol. The summed E-state index contributed by atoms with van der Waals surface area (Å²) in [5, 5.41) is 4.13. The van der Waals surface area contributed by atoms with Gasteiger partial charge in [0.15, 0.2) is 5.16 Å². The molecule has 3 aromatic rings. The topological polar surface area (TPSA) is 104 Å². The third-order valence-corrected chi connectivity index (χ3v) is 5.34. The molecule has 3 rings (SSSR count). The van der Waals surface area contributed by atoms with Crippen LogP contribution in [0.15, 0.2) is 29.4 Å². The van der Waals surface area contributed by atoms with E-state index in [1.54, 1.807) is 18.9 Å². The Bertz CT molecular complexity index is 957. The molecule has 0 amide bonds. The number of anilines is 3. The monoisotopic (exact) mass is 399 g/mol. The van der Waals surface area contributed by atoms with E-state index in [1.807, 2.05) is 38.1 Å². The Kier molecular flexibility index (Phi) is 6.48. The van der Waals surface area contributed by atoms with Gasteiger partial charge in [0.05, 0.1) is 18.1 Å². The maximum Gasteiger partial charge on any atom is 0.232 e. The zero-order valence-electron chi connectivity index (χ0n) is 16.6. The molecule has 0 aliphatic rings. The summed E-state index contributed by atoms with van der Waals surface area (Å²) in [6, 6.07) is 7.94. The molecule has 2 aromatic heterocycles. The number of nitrogen functional groups attached to an aromatic ring is 1. The van der Waals surface area contributed by atoms with Gasteiger partial charge in [-0.2, -0.15) is 15.0 Å². The van der Waals surface area contributed by atoms with Crippen LogP contribution >= 0.6 is 11.8 Å². The van der Waals surface area contributed by atoms with Crippen molar-refractivity contribution in [2.24, 2.45) is 0 Å². The van der Waals surface area contributed by atoms with E-state index in [2.05, 4.69) is 36.7 Å². The molecule has 0 spiro atoms. The largest absolute Gasteiger partial charge is 0.383 e. The first-order valence-electron chi connectivity index (χ1n) is 8.96. The summed E-state index contributed by atoms with van der Waals surface area (Å²) in [5.41, 5.74) is 10.1. The van der Waals surface area contributed by atoms with Gasteiger partial charge in [0, 0.05) is 25.0 Å².